The summed E-state index contributed by atoms with van der Waals surface area (Å²) in [5, 5.41) is 9.68. The molecule has 0 fully saturated rings. The molecule has 0 aromatic heterocycles. The minimum Gasteiger partial charge on any atom is -0.508 e. The maximum atomic E-state index is 13.2. The molecule has 1 atom stereocenters. The van der Waals surface area contributed by atoms with Gasteiger partial charge in [-0.15, -0.1) is 0 Å². The number of para-hydroxylation sites is 1. The molecule has 0 saturated heterocycles. The van der Waals surface area contributed by atoms with Crippen LogP contribution in [0.25, 0.3) is 0 Å². The smallest absolute Gasteiger partial charge is 0.115 e. The second-order valence-electron chi connectivity index (χ2n) is 8.00. The number of fused-ring (bicyclic) bond motifs is 2. The van der Waals surface area contributed by atoms with Crippen LogP contribution in [0.3, 0.4) is 0 Å². The monoisotopic (exact) mass is 420 g/mol. The summed E-state index contributed by atoms with van der Waals surface area (Å²) in [5.74, 6) is 0.307. The van der Waals surface area contributed by atoms with E-state index in [1.54, 1.807) is 6.07 Å². The van der Waals surface area contributed by atoms with Gasteiger partial charge < -0.3 is 14.9 Å². The molecule has 0 radical (unpaired) electrons. The second kappa shape index (κ2) is 8.62. The average molecular weight is 421 g/mol. The zero-order valence-electron chi connectivity index (χ0n) is 17.8. The fraction of sp³-hybridized carbons (Fsp3) is 0.280. The molecule has 1 unspecified atom stereocenters. The van der Waals surface area contributed by atoms with Crippen molar-refractivity contribution in [3.63, 3.8) is 0 Å². The molecule has 1 N–H and O–H groups in total. The molecule has 30 heavy (non-hydrogen) atoms. The number of anilines is 2. The van der Waals surface area contributed by atoms with Gasteiger partial charge in [-0.25, -0.2) is 4.21 Å². The molecule has 1 heterocycles. The first-order valence-corrected chi connectivity index (χ1v) is 11.5. The number of phenolic OH excluding ortho intramolecular Hbond substituents is 1. The van der Waals surface area contributed by atoms with Crippen LogP contribution in [0.4, 0.5) is 11.4 Å². The van der Waals surface area contributed by atoms with Crippen molar-refractivity contribution in [2.24, 2.45) is 0 Å². The summed E-state index contributed by atoms with van der Waals surface area (Å²) < 4.78 is 13.2. The van der Waals surface area contributed by atoms with Gasteiger partial charge in [-0.3, -0.25) is 0 Å². The number of rotatable bonds is 6. The second-order valence-corrected chi connectivity index (χ2v) is 9.42. The van der Waals surface area contributed by atoms with Crippen molar-refractivity contribution in [2.45, 2.75) is 36.6 Å². The number of nitrogens with zero attached hydrogens (tertiary/aromatic N) is 2. The summed E-state index contributed by atoms with van der Waals surface area (Å²) in [4.78, 5) is 6.41. The van der Waals surface area contributed by atoms with Gasteiger partial charge in [-0.2, -0.15) is 0 Å². The highest BCUT2D eigenvalue weighted by molar-refractivity contribution is 7.85. The van der Waals surface area contributed by atoms with Gasteiger partial charge >= 0.3 is 0 Å². The van der Waals surface area contributed by atoms with Crippen molar-refractivity contribution < 1.29 is 9.32 Å². The number of hydrogen-bond donors (Lipinski definition) is 1. The van der Waals surface area contributed by atoms with E-state index in [0.717, 1.165) is 52.8 Å². The first-order valence-electron chi connectivity index (χ1n) is 10.3. The number of aromatic hydroxyl groups is 1. The Morgan fingerprint density at radius 1 is 1.00 bits per heavy atom. The first kappa shape index (κ1) is 20.6. The molecule has 1 aliphatic heterocycles. The zero-order chi connectivity index (χ0) is 21.3. The maximum absolute atomic E-state index is 13.2. The standard InChI is InChI=1S/C25H28N2O2S/c1-18-12-13-24-25(19(18)2)27(22-10-4-5-11-23(22)30(24)29)15-7-14-26(3)17-20-8-6-9-21(28)16-20/h4-6,8-13,16,28H,7,14-15,17H2,1-3H3. The lowest BCUT2D eigenvalue weighted by Gasteiger charge is -2.35. The molecule has 0 saturated carbocycles. The lowest BCUT2D eigenvalue weighted by Crippen LogP contribution is -2.29. The Bertz CT molecular complexity index is 1100. The molecule has 5 heteroatoms. The van der Waals surface area contributed by atoms with E-state index >= 15 is 0 Å². The third kappa shape index (κ3) is 4.00. The molecule has 1 aliphatic rings. The lowest BCUT2D eigenvalue weighted by atomic mass is 10.1. The third-order valence-corrected chi connectivity index (χ3v) is 7.25. The molecule has 0 amide bonds. The molecule has 0 aliphatic carbocycles. The van der Waals surface area contributed by atoms with Crippen LogP contribution in [-0.4, -0.2) is 34.4 Å². The number of aryl methyl sites for hydroxylation is 1. The molecule has 3 aromatic rings. The quantitative estimate of drug-likeness (QED) is 0.599. The SMILES string of the molecule is Cc1ccc2c(c1C)N(CCCN(C)Cc1cccc(O)c1)c1ccccc1S2=O. The molecule has 3 aromatic carbocycles. The summed E-state index contributed by atoms with van der Waals surface area (Å²) in [6.45, 7) is 6.82. The Kier molecular flexibility index (Phi) is 5.93. The van der Waals surface area contributed by atoms with Gasteiger partial charge in [0, 0.05) is 13.1 Å². The lowest BCUT2D eigenvalue weighted by molar-refractivity contribution is 0.323. The van der Waals surface area contributed by atoms with Gasteiger partial charge in [0.05, 0.1) is 32.0 Å². The molecule has 156 valence electrons. The Morgan fingerprint density at radius 2 is 1.80 bits per heavy atom. The van der Waals surface area contributed by atoms with E-state index < -0.39 is 10.8 Å². The van der Waals surface area contributed by atoms with E-state index in [4.69, 9.17) is 0 Å². The largest absolute Gasteiger partial charge is 0.508 e. The predicted octanol–water partition coefficient (Wildman–Crippen LogP) is 5.15. The van der Waals surface area contributed by atoms with Crippen LogP contribution in [0, 0.1) is 13.8 Å². The highest BCUT2D eigenvalue weighted by Crippen LogP contribution is 2.44. The van der Waals surface area contributed by atoms with Crippen LogP contribution in [0.5, 0.6) is 5.75 Å². The predicted molar refractivity (Wildman–Crippen MR) is 123 cm³/mol. The van der Waals surface area contributed by atoms with E-state index in [1.165, 1.54) is 11.1 Å². The van der Waals surface area contributed by atoms with Gasteiger partial charge in [0.15, 0.2) is 0 Å². The average Bonchev–Trinajstić information content (AvgIpc) is 2.73. The van der Waals surface area contributed by atoms with Crippen molar-refractivity contribution in [3.8, 4) is 5.75 Å². The van der Waals surface area contributed by atoms with E-state index in [2.05, 4.69) is 42.8 Å². The first-order chi connectivity index (χ1) is 14.5. The van der Waals surface area contributed by atoms with Crippen molar-refractivity contribution in [3.05, 3.63) is 77.4 Å². The number of phenols is 1. The molecule has 4 rings (SSSR count). The molecule has 0 spiro atoms. The van der Waals surface area contributed by atoms with Crippen molar-refractivity contribution in [1.29, 1.82) is 0 Å². The van der Waals surface area contributed by atoms with E-state index in [1.807, 2.05) is 42.5 Å². The maximum Gasteiger partial charge on any atom is 0.115 e. The van der Waals surface area contributed by atoms with Crippen LogP contribution in [0.2, 0.25) is 0 Å². The van der Waals surface area contributed by atoms with Crippen molar-refractivity contribution >= 4 is 22.2 Å². The summed E-state index contributed by atoms with van der Waals surface area (Å²) in [6.07, 6.45) is 0.975. The topological polar surface area (TPSA) is 43.8 Å². The summed E-state index contributed by atoms with van der Waals surface area (Å²) >= 11 is 0. The highest BCUT2D eigenvalue weighted by Gasteiger charge is 2.29. The highest BCUT2D eigenvalue weighted by atomic mass is 32.2. The normalized spacial score (nSPS) is 15.2. The summed E-state index contributed by atoms with van der Waals surface area (Å²) in [5.41, 5.74) is 5.67. The van der Waals surface area contributed by atoms with Gasteiger partial charge in [0.1, 0.15) is 5.75 Å². The van der Waals surface area contributed by atoms with Gasteiger partial charge in [0.25, 0.3) is 0 Å². The molecule has 4 nitrogen and oxygen atoms in total. The minimum absolute atomic E-state index is 0.307. The summed E-state index contributed by atoms with van der Waals surface area (Å²) in [6, 6.07) is 19.6. The summed E-state index contributed by atoms with van der Waals surface area (Å²) in [7, 11) is 0.956. The van der Waals surface area contributed by atoms with Crippen LogP contribution in [0.1, 0.15) is 23.1 Å². The van der Waals surface area contributed by atoms with Gasteiger partial charge in [-0.05, 0) is 80.9 Å². The van der Waals surface area contributed by atoms with Crippen molar-refractivity contribution in [1.82, 2.24) is 4.90 Å². The van der Waals surface area contributed by atoms with Crippen molar-refractivity contribution in [2.75, 3.05) is 25.0 Å². The molecular weight excluding hydrogens is 392 g/mol. The van der Waals surface area contributed by atoms with Crippen LogP contribution < -0.4 is 4.90 Å². The van der Waals surface area contributed by atoms with E-state index in [0.29, 0.717) is 5.75 Å². The Labute approximate surface area is 181 Å². The third-order valence-electron chi connectivity index (χ3n) is 5.77. The molecular formula is C25H28N2O2S. The minimum atomic E-state index is -1.15. The van der Waals surface area contributed by atoms with Crippen LogP contribution in [0.15, 0.2) is 70.5 Å². The van der Waals surface area contributed by atoms with Gasteiger partial charge in [-0.1, -0.05) is 30.3 Å². The fourth-order valence-electron chi connectivity index (χ4n) is 4.11. The Hall–Kier alpha value is -2.63. The van der Waals surface area contributed by atoms with Crippen LogP contribution in [-0.2, 0) is 17.3 Å². The van der Waals surface area contributed by atoms with E-state index in [-0.39, 0.29) is 0 Å². The number of hydrogen-bond acceptors (Lipinski definition) is 4. The van der Waals surface area contributed by atoms with E-state index in [9.17, 15) is 9.32 Å². The fourth-order valence-corrected chi connectivity index (χ4v) is 5.55. The Morgan fingerprint density at radius 3 is 2.60 bits per heavy atom. The van der Waals surface area contributed by atoms with Gasteiger partial charge in [0.2, 0.25) is 0 Å². The zero-order valence-corrected chi connectivity index (χ0v) is 18.6. The number of benzene rings is 3. The van der Waals surface area contributed by atoms with Crippen LogP contribution >= 0.6 is 0 Å². The Balaban J connectivity index is 1.53. The molecule has 0 bridgehead atoms.